The molecule has 0 aromatic rings. The summed E-state index contributed by atoms with van der Waals surface area (Å²) >= 11 is 5.69. The van der Waals surface area contributed by atoms with E-state index in [9.17, 15) is 5.26 Å². The van der Waals surface area contributed by atoms with Crippen LogP contribution in [0.1, 0.15) is 77.6 Å². The van der Waals surface area contributed by atoms with Crippen LogP contribution >= 0.6 is 11.6 Å². The fraction of sp³-hybridized carbons (Fsp3) is 0.938. The molecule has 1 saturated heterocycles. The van der Waals surface area contributed by atoms with E-state index in [0.29, 0.717) is 6.10 Å². The number of rotatable bonds is 9. The molecule has 110 valence electrons. The van der Waals surface area contributed by atoms with E-state index in [-0.39, 0.29) is 0 Å². The Balaban J connectivity index is 2.36. The van der Waals surface area contributed by atoms with E-state index in [1.165, 1.54) is 19.3 Å². The second-order valence-corrected chi connectivity index (χ2v) is 6.11. The van der Waals surface area contributed by atoms with Crippen molar-refractivity contribution in [3.63, 3.8) is 0 Å². The van der Waals surface area contributed by atoms with E-state index in [1.807, 2.05) is 0 Å². The lowest BCUT2D eigenvalue weighted by atomic mass is 9.87. The van der Waals surface area contributed by atoms with Gasteiger partial charge in [0.25, 0.3) is 0 Å². The predicted octanol–water partition coefficient (Wildman–Crippen LogP) is 5.20. The Kier molecular flexibility index (Phi) is 8.50. The average molecular weight is 286 g/mol. The van der Waals surface area contributed by atoms with E-state index < -0.39 is 5.60 Å². The summed E-state index contributed by atoms with van der Waals surface area (Å²) in [6, 6.07) is 2.46. The SMILES string of the molecule is CCCCC[C@H]1CCC[C@@](C#N)(CCCCCCl)O1. The maximum absolute atomic E-state index is 9.49. The van der Waals surface area contributed by atoms with E-state index in [2.05, 4.69) is 13.0 Å². The number of hydrogen-bond acceptors (Lipinski definition) is 2. The summed E-state index contributed by atoms with van der Waals surface area (Å²) < 4.78 is 6.16. The van der Waals surface area contributed by atoms with Crippen molar-refractivity contribution in [3.8, 4) is 6.07 Å². The Hall–Kier alpha value is -0.260. The van der Waals surface area contributed by atoms with Gasteiger partial charge in [-0.1, -0.05) is 32.6 Å². The molecule has 2 nitrogen and oxygen atoms in total. The zero-order valence-corrected chi connectivity index (χ0v) is 13.1. The number of ether oxygens (including phenoxy) is 1. The monoisotopic (exact) mass is 285 g/mol. The van der Waals surface area contributed by atoms with Gasteiger partial charge in [-0.05, 0) is 44.9 Å². The number of halogens is 1. The molecule has 1 aliphatic rings. The molecular formula is C16H28ClNO. The van der Waals surface area contributed by atoms with E-state index in [4.69, 9.17) is 16.3 Å². The van der Waals surface area contributed by atoms with Crippen LogP contribution in [0.25, 0.3) is 0 Å². The second kappa shape index (κ2) is 9.61. The van der Waals surface area contributed by atoms with Crippen molar-refractivity contribution in [2.24, 2.45) is 0 Å². The van der Waals surface area contributed by atoms with Gasteiger partial charge in [-0.25, -0.2) is 0 Å². The molecule has 0 aliphatic carbocycles. The number of unbranched alkanes of at least 4 members (excludes halogenated alkanes) is 4. The molecule has 1 aliphatic heterocycles. The average Bonchev–Trinajstić information content (AvgIpc) is 2.44. The van der Waals surface area contributed by atoms with Crippen molar-refractivity contribution < 1.29 is 4.74 Å². The largest absolute Gasteiger partial charge is 0.357 e. The van der Waals surface area contributed by atoms with Crippen LogP contribution in [0, 0.1) is 11.3 Å². The van der Waals surface area contributed by atoms with Gasteiger partial charge in [-0.15, -0.1) is 11.6 Å². The molecule has 2 atom stereocenters. The van der Waals surface area contributed by atoms with Gasteiger partial charge in [0.05, 0.1) is 12.2 Å². The van der Waals surface area contributed by atoms with Gasteiger partial charge in [0, 0.05) is 5.88 Å². The zero-order valence-electron chi connectivity index (χ0n) is 12.3. The number of hydrogen-bond donors (Lipinski definition) is 0. The fourth-order valence-electron chi connectivity index (χ4n) is 2.88. The summed E-state index contributed by atoms with van der Waals surface area (Å²) in [5.41, 5.74) is -0.499. The van der Waals surface area contributed by atoms with E-state index in [1.54, 1.807) is 0 Å². The first-order valence-corrected chi connectivity index (χ1v) is 8.45. The zero-order chi connectivity index (χ0) is 14.0. The van der Waals surface area contributed by atoms with Crippen LogP contribution in [-0.4, -0.2) is 17.6 Å². The van der Waals surface area contributed by atoms with Gasteiger partial charge in [-0.3, -0.25) is 0 Å². The molecule has 19 heavy (non-hydrogen) atoms. The van der Waals surface area contributed by atoms with Crippen LogP contribution in [0.4, 0.5) is 0 Å². The third-order valence-corrected chi connectivity index (χ3v) is 4.31. The number of nitrogens with zero attached hydrogens (tertiary/aromatic N) is 1. The van der Waals surface area contributed by atoms with Crippen molar-refractivity contribution in [2.75, 3.05) is 5.88 Å². The molecule has 0 radical (unpaired) electrons. The molecule has 1 rings (SSSR count). The molecule has 3 heteroatoms. The van der Waals surface area contributed by atoms with Gasteiger partial charge in [0.1, 0.15) is 0 Å². The maximum atomic E-state index is 9.49. The summed E-state index contributed by atoms with van der Waals surface area (Å²) in [5, 5.41) is 9.49. The standard InChI is InChI=1S/C16H28ClNO/c1-2-3-5-9-15-10-8-12-16(14-18,19-15)11-6-4-7-13-17/h15H,2-13H2,1H3/t15-,16+/m0/s1. The van der Waals surface area contributed by atoms with Crippen molar-refractivity contribution in [3.05, 3.63) is 0 Å². The van der Waals surface area contributed by atoms with Crippen molar-refractivity contribution in [2.45, 2.75) is 89.3 Å². The fourth-order valence-corrected chi connectivity index (χ4v) is 3.07. The summed E-state index contributed by atoms with van der Waals surface area (Å²) in [6.45, 7) is 2.22. The minimum atomic E-state index is -0.499. The summed E-state index contributed by atoms with van der Waals surface area (Å²) in [7, 11) is 0. The van der Waals surface area contributed by atoms with Crippen LogP contribution in [0.5, 0.6) is 0 Å². The highest BCUT2D eigenvalue weighted by Crippen LogP contribution is 2.34. The van der Waals surface area contributed by atoms with Crippen LogP contribution < -0.4 is 0 Å². The molecule has 0 saturated carbocycles. The van der Waals surface area contributed by atoms with Gasteiger partial charge in [0.15, 0.2) is 5.60 Å². The highest BCUT2D eigenvalue weighted by molar-refractivity contribution is 6.17. The molecular weight excluding hydrogens is 258 g/mol. The highest BCUT2D eigenvalue weighted by Gasteiger charge is 2.36. The number of nitriles is 1. The first kappa shape index (κ1) is 16.8. The molecule has 0 amide bonds. The molecule has 0 aromatic heterocycles. The minimum absolute atomic E-state index is 0.313. The molecule has 0 bridgehead atoms. The van der Waals surface area contributed by atoms with Crippen LogP contribution in [0.15, 0.2) is 0 Å². The first-order chi connectivity index (χ1) is 9.26. The summed E-state index contributed by atoms with van der Waals surface area (Å²) in [5.74, 6) is 0.722. The Morgan fingerprint density at radius 3 is 2.79 bits per heavy atom. The van der Waals surface area contributed by atoms with Gasteiger partial charge in [-0.2, -0.15) is 5.26 Å². The van der Waals surface area contributed by atoms with Crippen LogP contribution in [0.3, 0.4) is 0 Å². The summed E-state index contributed by atoms with van der Waals surface area (Å²) in [4.78, 5) is 0. The molecule has 0 N–H and O–H groups in total. The van der Waals surface area contributed by atoms with Crippen LogP contribution in [0.2, 0.25) is 0 Å². The normalized spacial score (nSPS) is 27.1. The maximum Gasteiger partial charge on any atom is 0.154 e. The number of alkyl halides is 1. The van der Waals surface area contributed by atoms with Crippen molar-refractivity contribution in [1.29, 1.82) is 5.26 Å². The minimum Gasteiger partial charge on any atom is -0.357 e. The molecule has 0 aromatic carbocycles. The quantitative estimate of drug-likeness (QED) is 0.431. The molecule has 0 unspecified atom stereocenters. The Morgan fingerprint density at radius 1 is 1.26 bits per heavy atom. The highest BCUT2D eigenvalue weighted by atomic mass is 35.5. The molecule has 1 fully saturated rings. The van der Waals surface area contributed by atoms with Crippen LogP contribution in [-0.2, 0) is 4.74 Å². The summed E-state index contributed by atoms with van der Waals surface area (Å²) in [6.07, 6.45) is 12.5. The molecule has 1 heterocycles. The second-order valence-electron chi connectivity index (χ2n) is 5.73. The first-order valence-electron chi connectivity index (χ1n) is 7.91. The Morgan fingerprint density at radius 2 is 2.11 bits per heavy atom. The van der Waals surface area contributed by atoms with Gasteiger partial charge < -0.3 is 4.74 Å². The third-order valence-electron chi connectivity index (χ3n) is 4.05. The van der Waals surface area contributed by atoms with Gasteiger partial charge in [0.2, 0.25) is 0 Å². The predicted molar refractivity (Wildman–Crippen MR) is 80.4 cm³/mol. The molecule has 0 spiro atoms. The van der Waals surface area contributed by atoms with E-state index >= 15 is 0 Å². The van der Waals surface area contributed by atoms with Crippen molar-refractivity contribution >= 4 is 11.6 Å². The third kappa shape index (κ3) is 6.15. The lowest BCUT2D eigenvalue weighted by Crippen LogP contribution is -2.39. The Labute approximate surface area is 123 Å². The smallest absolute Gasteiger partial charge is 0.154 e. The lowest BCUT2D eigenvalue weighted by molar-refractivity contribution is -0.102. The van der Waals surface area contributed by atoms with Crippen molar-refractivity contribution in [1.82, 2.24) is 0 Å². The van der Waals surface area contributed by atoms with E-state index in [0.717, 1.165) is 57.2 Å². The topological polar surface area (TPSA) is 33.0 Å². The Bertz CT molecular complexity index is 276. The van der Waals surface area contributed by atoms with Gasteiger partial charge >= 0.3 is 0 Å². The lowest BCUT2D eigenvalue weighted by Gasteiger charge is -2.36.